The summed E-state index contributed by atoms with van der Waals surface area (Å²) in [7, 11) is 0. The first kappa shape index (κ1) is 21.9. The topological polar surface area (TPSA) is 104 Å². The predicted octanol–water partition coefficient (Wildman–Crippen LogP) is 5.39. The highest BCUT2D eigenvalue weighted by molar-refractivity contribution is 5.90. The van der Waals surface area contributed by atoms with Gasteiger partial charge < -0.3 is 22.9 Å². The second kappa shape index (κ2) is 7.97. The summed E-state index contributed by atoms with van der Waals surface area (Å²) < 4.78 is 0. The van der Waals surface area contributed by atoms with Crippen LogP contribution in [0.5, 0.6) is 0 Å². The van der Waals surface area contributed by atoms with Crippen LogP contribution in [0.1, 0.15) is 30.5 Å². The Morgan fingerprint density at radius 2 is 1.41 bits per heavy atom. The minimum atomic E-state index is -0.828. The Morgan fingerprint density at radius 3 is 2.09 bits per heavy atom. The van der Waals surface area contributed by atoms with Crippen molar-refractivity contribution in [1.29, 1.82) is 0 Å². The van der Waals surface area contributed by atoms with Gasteiger partial charge >= 0.3 is 0 Å². The molecule has 4 nitrogen and oxygen atoms in total. The van der Waals surface area contributed by atoms with E-state index >= 15 is 0 Å². The number of nitrogen functional groups attached to an aromatic ring is 2. The summed E-state index contributed by atoms with van der Waals surface area (Å²) in [5, 5.41) is 0. The molecule has 3 aromatic rings. The van der Waals surface area contributed by atoms with Crippen molar-refractivity contribution in [2.24, 2.45) is 17.4 Å². The molecular weight excluding hydrogens is 392 g/mol. The number of aryl methyl sites for hydroxylation is 2. The van der Waals surface area contributed by atoms with E-state index in [2.05, 4.69) is 63.2 Å². The number of anilines is 2. The molecule has 0 fully saturated rings. The van der Waals surface area contributed by atoms with Crippen molar-refractivity contribution in [2.75, 3.05) is 11.5 Å². The summed E-state index contributed by atoms with van der Waals surface area (Å²) in [6.07, 6.45) is 3.96. The highest BCUT2D eigenvalue weighted by atomic mass is 15.0. The molecule has 4 rings (SSSR count). The summed E-state index contributed by atoms with van der Waals surface area (Å²) in [6.45, 7) is 8.33. The quantitative estimate of drug-likeness (QED) is 0.334. The molecule has 8 N–H and O–H groups in total. The van der Waals surface area contributed by atoms with Crippen molar-refractivity contribution in [2.45, 2.75) is 33.4 Å². The standard InChI is InChI=1S/C28H32N4/c1-16-14-22(29)7-9-23(16)25-8-5-21(24-11-12-28(31,32)19(4)18(24)3)15-26(25)20-6-10-27(30)17(2)13-20/h5-15,19H,29-32H2,1-4H3. The van der Waals surface area contributed by atoms with Gasteiger partial charge in [0.25, 0.3) is 0 Å². The molecule has 0 saturated carbocycles. The largest absolute Gasteiger partial charge is 0.399 e. The lowest BCUT2D eigenvalue weighted by Crippen LogP contribution is -2.54. The van der Waals surface area contributed by atoms with Crippen LogP contribution < -0.4 is 22.9 Å². The van der Waals surface area contributed by atoms with Gasteiger partial charge in [-0.15, -0.1) is 0 Å². The van der Waals surface area contributed by atoms with E-state index in [0.717, 1.165) is 55.9 Å². The zero-order chi connectivity index (χ0) is 23.2. The van der Waals surface area contributed by atoms with Crippen molar-refractivity contribution in [3.63, 3.8) is 0 Å². The molecule has 1 unspecified atom stereocenters. The molecule has 0 bridgehead atoms. The van der Waals surface area contributed by atoms with Gasteiger partial charge in [-0.3, -0.25) is 0 Å². The Hall–Kier alpha value is -3.34. The van der Waals surface area contributed by atoms with E-state index in [1.807, 2.05) is 31.2 Å². The second-order valence-electron chi connectivity index (χ2n) is 9.06. The van der Waals surface area contributed by atoms with Gasteiger partial charge in [-0.1, -0.05) is 42.8 Å². The van der Waals surface area contributed by atoms with E-state index in [4.69, 9.17) is 22.9 Å². The van der Waals surface area contributed by atoms with Crippen LogP contribution in [-0.2, 0) is 0 Å². The lowest BCUT2D eigenvalue weighted by atomic mass is 9.79. The molecule has 1 atom stereocenters. The molecule has 0 heterocycles. The highest BCUT2D eigenvalue weighted by Gasteiger charge is 2.30. The molecule has 0 aliphatic heterocycles. The fourth-order valence-corrected chi connectivity index (χ4v) is 4.45. The van der Waals surface area contributed by atoms with Crippen LogP contribution in [0.15, 0.2) is 72.3 Å². The van der Waals surface area contributed by atoms with Crippen molar-refractivity contribution in [1.82, 2.24) is 0 Å². The Kier molecular flexibility index (Phi) is 5.45. The number of allylic oxidation sites excluding steroid dienone is 2. The number of rotatable bonds is 3. The van der Waals surface area contributed by atoms with Crippen LogP contribution in [0, 0.1) is 19.8 Å². The summed E-state index contributed by atoms with van der Waals surface area (Å²) in [5.74, 6) is 0.0451. The monoisotopic (exact) mass is 424 g/mol. The first-order valence-corrected chi connectivity index (χ1v) is 10.9. The van der Waals surface area contributed by atoms with Gasteiger partial charge in [0.05, 0.1) is 5.66 Å². The molecule has 3 aromatic carbocycles. The van der Waals surface area contributed by atoms with Crippen LogP contribution in [0.3, 0.4) is 0 Å². The number of nitrogens with two attached hydrogens (primary N) is 4. The second-order valence-corrected chi connectivity index (χ2v) is 9.06. The molecule has 0 amide bonds. The first-order chi connectivity index (χ1) is 15.1. The molecule has 4 heteroatoms. The first-order valence-electron chi connectivity index (χ1n) is 10.9. The van der Waals surface area contributed by atoms with Gasteiger partial charge in [-0.05, 0) is 102 Å². The maximum atomic E-state index is 6.27. The van der Waals surface area contributed by atoms with E-state index in [-0.39, 0.29) is 5.92 Å². The highest BCUT2D eigenvalue weighted by Crippen LogP contribution is 2.40. The van der Waals surface area contributed by atoms with Gasteiger partial charge in [0, 0.05) is 17.3 Å². The third-order valence-corrected chi connectivity index (χ3v) is 6.82. The maximum absolute atomic E-state index is 6.27. The summed E-state index contributed by atoms with van der Waals surface area (Å²) >= 11 is 0. The van der Waals surface area contributed by atoms with E-state index in [0.29, 0.717) is 0 Å². The fraction of sp³-hybridized carbons (Fsp3) is 0.214. The molecular formula is C28H32N4. The number of hydrogen-bond donors (Lipinski definition) is 4. The van der Waals surface area contributed by atoms with Crippen molar-refractivity contribution < 1.29 is 0 Å². The average molecular weight is 425 g/mol. The van der Waals surface area contributed by atoms with E-state index in [9.17, 15) is 0 Å². The Bertz CT molecular complexity index is 1260. The normalized spacial score (nSPS) is 17.6. The summed E-state index contributed by atoms with van der Waals surface area (Å²) in [5.41, 5.74) is 35.7. The predicted molar refractivity (Wildman–Crippen MR) is 138 cm³/mol. The van der Waals surface area contributed by atoms with Gasteiger partial charge in [0.15, 0.2) is 0 Å². The average Bonchev–Trinajstić information content (AvgIpc) is 2.74. The van der Waals surface area contributed by atoms with Gasteiger partial charge in [0.1, 0.15) is 0 Å². The minimum absolute atomic E-state index is 0.0451. The lowest BCUT2D eigenvalue weighted by Gasteiger charge is -2.34. The third-order valence-electron chi connectivity index (χ3n) is 6.82. The maximum Gasteiger partial charge on any atom is 0.0896 e. The van der Waals surface area contributed by atoms with E-state index in [1.165, 1.54) is 5.57 Å². The molecule has 1 aliphatic rings. The Labute approximate surface area is 190 Å². The van der Waals surface area contributed by atoms with Crippen LogP contribution in [0.2, 0.25) is 0 Å². The molecule has 32 heavy (non-hydrogen) atoms. The van der Waals surface area contributed by atoms with Crippen molar-refractivity contribution >= 4 is 16.9 Å². The summed E-state index contributed by atoms with van der Waals surface area (Å²) in [6, 6.07) is 18.9. The molecule has 0 aromatic heterocycles. The third kappa shape index (κ3) is 3.83. The zero-order valence-corrected chi connectivity index (χ0v) is 19.2. The minimum Gasteiger partial charge on any atom is -0.399 e. The van der Waals surface area contributed by atoms with E-state index < -0.39 is 5.66 Å². The SMILES string of the molecule is CC1=C(c2ccc(-c3ccc(N)cc3C)c(-c3ccc(N)c(C)c3)c2)C=CC(N)(N)C1C. The molecule has 0 radical (unpaired) electrons. The lowest BCUT2D eigenvalue weighted by molar-refractivity contribution is 0.415. The Morgan fingerprint density at radius 1 is 0.719 bits per heavy atom. The van der Waals surface area contributed by atoms with Gasteiger partial charge in [-0.25, -0.2) is 0 Å². The molecule has 1 aliphatic carbocycles. The number of benzene rings is 3. The molecule has 0 spiro atoms. The van der Waals surface area contributed by atoms with E-state index in [1.54, 1.807) is 0 Å². The number of hydrogen-bond acceptors (Lipinski definition) is 4. The fourth-order valence-electron chi connectivity index (χ4n) is 4.45. The molecule has 0 saturated heterocycles. The van der Waals surface area contributed by atoms with Crippen LogP contribution >= 0.6 is 0 Å². The molecule has 164 valence electrons. The van der Waals surface area contributed by atoms with Crippen LogP contribution in [0.25, 0.3) is 27.8 Å². The Balaban J connectivity index is 1.94. The van der Waals surface area contributed by atoms with Crippen molar-refractivity contribution in [3.05, 3.63) is 89.0 Å². The van der Waals surface area contributed by atoms with Crippen LogP contribution in [0.4, 0.5) is 11.4 Å². The van der Waals surface area contributed by atoms with Gasteiger partial charge in [-0.2, -0.15) is 0 Å². The van der Waals surface area contributed by atoms with Crippen molar-refractivity contribution in [3.8, 4) is 22.3 Å². The van der Waals surface area contributed by atoms with Crippen LogP contribution in [-0.4, -0.2) is 5.66 Å². The summed E-state index contributed by atoms with van der Waals surface area (Å²) in [4.78, 5) is 0. The smallest absolute Gasteiger partial charge is 0.0896 e. The zero-order valence-electron chi connectivity index (χ0n) is 19.2. The van der Waals surface area contributed by atoms with Gasteiger partial charge in [0.2, 0.25) is 0 Å².